The number of hydrogen-bond acceptors (Lipinski definition) is 6. The maximum atomic E-state index is 13.7. The predicted molar refractivity (Wildman–Crippen MR) is 140 cm³/mol. The van der Waals surface area contributed by atoms with E-state index in [4.69, 9.17) is 11.6 Å². The fourth-order valence-electron chi connectivity index (χ4n) is 4.42. The van der Waals surface area contributed by atoms with Crippen LogP contribution in [-0.2, 0) is 21.2 Å². The molecule has 0 N–H and O–H groups in total. The zero-order valence-electron chi connectivity index (χ0n) is 19.8. The van der Waals surface area contributed by atoms with Crippen molar-refractivity contribution in [2.24, 2.45) is 5.92 Å². The second-order valence-electron chi connectivity index (χ2n) is 9.01. The summed E-state index contributed by atoms with van der Waals surface area (Å²) in [6, 6.07) is 14.8. The highest BCUT2D eigenvalue weighted by atomic mass is 35.5. The Hall–Kier alpha value is -2.79. The summed E-state index contributed by atoms with van der Waals surface area (Å²) >= 11 is 7.54. The van der Waals surface area contributed by atoms with Crippen LogP contribution in [0.3, 0.4) is 0 Å². The van der Waals surface area contributed by atoms with Crippen LogP contribution < -0.4 is 0 Å². The Balaban J connectivity index is 1.68. The average molecular weight is 548 g/mol. The molecule has 190 valence electrons. The molecular formula is C25H26ClN3O5S2. The van der Waals surface area contributed by atoms with Crippen molar-refractivity contribution >= 4 is 44.6 Å². The number of thiophene rings is 1. The molecule has 1 aliphatic rings. The summed E-state index contributed by atoms with van der Waals surface area (Å²) in [7, 11) is -4.21. The summed E-state index contributed by atoms with van der Waals surface area (Å²) in [5, 5.41) is 13.2. The number of sulfonamides is 1. The minimum Gasteiger partial charge on any atom is -0.330 e. The predicted octanol–water partition coefficient (Wildman–Crippen LogP) is 5.13. The first kappa shape index (κ1) is 26.3. The van der Waals surface area contributed by atoms with Crippen LogP contribution in [0.2, 0.25) is 5.02 Å². The Morgan fingerprint density at radius 2 is 1.94 bits per heavy atom. The van der Waals surface area contributed by atoms with Crippen LogP contribution in [0.15, 0.2) is 64.9 Å². The SMILES string of the molecule is CC(C)CN(CC(=O)N1CCc2sccc2C1c1ccccc1)S(=O)(=O)c1ccc(Cl)c([N+](=O)[O-])c1. The number of hydrogen-bond donors (Lipinski definition) is 0. The molecule has 0 radical (unpaired) electrons. The molecule has 36 heavy (non-hydrogen) atoms. The molecule has 0 saturated heterocycles. The minimum absolute atomic E-state index is 0.0791. The van der Waals surface area contributed by atoms with Gasteiger partial charge in [0.05, 0.1) is 22.4 Å². The van der Waals surface area contributed by atoms with Crippen molar-refractivity contribution in [1.82, 2.24) is 9.21 Å². The number of carbonyl (C=O) groups is 1. The molecule has 1 atom stereocenters. The third-order valence-corrected chi connectivity index (χ3v) is 9.16. The van der Waals surface area contributed by atoms with Crippen molar-refractivity contribution in [3.8, 4) is 0 Å². The number of nitrogens with zero attached hydrogens (tertiary/aromatic N) is 3. The topological polar surface area (TPSA) is 101 Å². The quantitative estimate of drug-likeness (QED) is 0.287. The van der Waals surface area contributed by atoms with Crippen molar-refractivity contribution in [1.29, 1.82) is 0 Å². The Morgan fingerprint density at radius 3 is 2.61 bits per heavy atom. The number of halogens is 1. The largest absolute Gasteiger partial charge is 0.330 e. The third-order valence-electron chi connectivity index (χ3n) is 6.03. The lowest BCUT2D eigenvalue weighted by atomic mass is 9.93. The maximum Gasteiger partial charge on any atom is 0.289 e. The molecule has 0 spiro atoms. The second-order valence-corrected chi connectivity index (χ2v) is 12.4. The number of rotatable bonds is 8. The summed E-state index contributed by atoms with van der Waals surface area (Å²) in [6.07, 6.45) is 0.697. The molecule has 1 unspecified atom stereocenters. The van der Waals surface area contributed by atoms with Gasteiger partial charge in [-0.15, -0.1) is 11.3 Å². The van der Waals surface area contributed by atoms with Gasteiger partial charge in [0.1, 0.15) is 5.02 Å². The van der Waals surface area contributed by atoms with Gasteiger partial charge in [-0.05, 0) is 47.0 Å². The fraction of sp³-hybridized carbons (Fsp3) is 0.320. The summed E-state index contributed by atoms with van der Waals surface area (Å²) in [4.78, 5) is 27.0. The molecule has 0 bridgehead atoms. The average Bonchev–Trinajstić information content (AvgIpc) is 3.32. The maximum absolute atomic E-state index is 13.7. The smallest absolute Gasteiger partial charge is 0.289 e. The summed E-state index contributed by atoms with van der Waals surface area (Å²) in [6.45, 7) is 3.87. The molecule has 1 aliphatic heterocycles. The normalized spacial score (nSPS) is 15.8. The Bertz CT molecular complexity index is 1380. The molecule has 1 amide bonds. The summed E-state index contributed by atoms with van der Waals surface area (Å²) in [5.74, 6) is -0.405. The van der Waals surface area contributed by atoms with E-state index in [0.717, 1.165) is 21.5 Å². The number of carbonyl (C=O) groups excluding carboxylic acids is 1. The van der Waals surface area contributed by atoms with Crippen LogP contribution in [0.5, 0.6) is 0 Å². The Morgan fingerprint density at radius 1 is 1.22 bits per heavy atom. The van der Waals surface area contributed by atoms with E-state index in [0.29, 0.717) is 13.0 Å². The molecule has 11 heteroatoms. The van der Waals surface area contributed by atoms with E-state index in [1.54, 1.807) is 16.2 Å². The molecule has 4 rings (SSSR count). The van der Waals surface area contributed by atoms with Gasteiger partial charge in [-0.2, -0.15) is 4.31 Å². The van der Waals surface area contributed by atoms with Crippen LogP contribution in [0.25, 0.3) is 0 Å². The van der Waals surface area contributed by atoms with Crippen LogP contribution in [-0.4, -0.2) is 48.1 Å². The minimum atomic E-state index is -4.21. The molecule has 8 nitrogen and oxygen atoms in total. The zero-order valence-corrected chi connectivity index (χ0v) is 22.2. The van der Waals surface area contributed by atoms with Crippen molar-refractivity contribution < 1.29 is 18.1 Å². The van der Waals surface area contributed by atoms with Gasteiger partial charge < -0.3 is 4.90 Å². The number of nitro groups is 1. The van der Waals surface area contributed by atoms with Crippen LogP contribution in [0.4, 0.5) is 5.69 Å². The lowest BCUT2D eigenvalue weighted by molar-refractivity contribution is -0.384. The van der Waals surface area contributed by atoms with Gasteiger partial charge in [-0.3, -0.25) is 14.9 Å². The second kappa shape index (κ2) is 10.7. The number of benzene rings is 2. The number of nitro benzene ring substituents is 1. The van der Waals surface area contributed by atoms with E-state index in [-0.39, 0.29) is 40.9 Å². The van der Waals surface area contributed by atoms with Crippen molar-refractivity contribution in [3.05, 3.63) is 91.1 Å². The molecule has 1 aromatic heterocycles. The number of fused-ring (bicyclic) bond motifs is 1. The standard InChI is InChI=1S/C25H26ClN3O5S2/c1-17(2)15-27(36(33,34)19-8-9-21(26)22(14-19)29(31)32)16-24(30)28-12-10-23-20(11-13-35-23)25(28)18-6-4-3-5-7-18/h3-9,11,13-14,17,25H,10,12,15-16H2,1-2H3. The van der Waals surface area contributed by atoms with Gasteiger partial charge in [-0.1, -0.05) is 55.8 Å². The van der Waals surface area contributed by atoms with Gasteiger partial charge >= 0.3 is 0 Å². The number of amides is 1. The van der Waals surface area contributed by atoms with Crippen LogP contribution in [0, 0.1) is 16.0 Å². The third kappa shape index (κ3) is 5.31. The van der Waals surface area contributed by atoms with E-state index < -0.39 is 20.6 Å². The van der Waals surface area contributed by atoms with Gasteiger partial charge in [-0.25, -0.2) is 8.42 Å². The summed E-state index contributed by atoms with van der Waals surface area (Å²) in [5.41, 5.74) is 1.51. The highest BCUT2D eigenvalue weighted by Crippen LogP contribution is 2.38. The Kier molecular flexibility index (Phi) is 7.79. The van der Waals surface area contributed by atoms with E-state index >= 15 is 0 Å². The van der Waals surface area contributed by atoms with E-state index in [1.807, 2.05) is 55.6 Å². The van der Waals surface area contributed by atoms with Gasteiger partial charge in [0.25, 0.3) is 5.69 Å². The van der Waals surface area contributed by atoms with Gasteiger partial charge in [0.15, 0.2) is 0 Å². The molecule has 0 saturated carbocycles. The first-order chi connectivity index (χ1) is 17.1. The highest BCUT2D eigenvalue weighted by molar-refractivity contribution is 7.89. The molecule has 0 fully saturated rings. The van der Waals surface area contributed by atoms with Crippen LogP contribution >= 0.6 is 22.9 Å². The van der Waals surface area contributed by atoms with E-state index in [1.165, 1.54) is 17.0 Å². The van der Waals surface area contributed by atoms with E-state index in [9.17, 15) is 23.3 Å². The van der Waals surface area contributed by atoms with Crippen molar-refractivity contribution in [2.45, 2.75) is 31.2 Å². The van der Waals surface area contributed by atoms with Crippen molar-refractivity contribution in [2.75, 3.05) is 19.6 Å². The van der Waals surface area contributed by atoms with Crippen LogP contribution in [0.1, 0.15) is 35.9 Å². The monoisotopic (exact) mass is 547 g/mol. The lowest BCUT2D eigenvalue weighted by Crippen LogP contribution is -2.47. The first-order valence-electron chi connectivity index (χ1n) is 11.4. The zero-order chi connectivity index (χ0) is 26.0. The molecular weight excluding hydrogens is 522 g/mol. The van der Waals surface area contributed by atoms with Crippen molar-refractivity contribution in [3.63, 3.8) is 0 Å². The van der Waals surface area contributed by atoms with Gasteiger partial charge in [0.2, 0.25) is 15.9 Å². The molecule has 2 heterocycles. The molecule has 3 aromatic rings. The van der Waals surface area contributed by atoms with E-state index in [2.05, 4.69) is 0 Å². The Labute approximate surface area is 219 Å². The molecule has 2 aromatic carbocycles. The first-order valence-corrected chi connectivity index (χ1v) is 14.1. The fourth-order valence-corrected chi connectivity index (χ4v) is 7.08. The summed E-state index contributed by atoms with van der Waals surface area (Å²) < 4.78 is 28.3. The lowest BCUT2D eigenvalue weighted by Gasteiger charge is -2.37. The van der Waals surface area contributed by atoms with Gasteiger partial charge in [0, 0.05) is 24.0 Å². The molecule has 0 aliphatic carbocycles. The highest BCUT2D eigenvalue weighted by Gasteiger charge is 2.36.